The van der Waals surface area contributed by atoms with Gasteiger partial charge in [-0.05, 0) is 18.4 Å². The van der Waals surface area contributed by atoms with E-state index in [-0.39, 0.29) is 0 Å². The summed E-state index contributed by atoms with van der Waals surface area (Å²) in [7, 11) is 0. The highest BCUT2D eigenvalue weighted by Gasteiger charge is 2.11. The normalized spacial score (nSPS) is 11.9. The Balaban J connectivity index is 2.74. The molecule has 0 spiro atoms. The van der Waals surface area contributed by atoms with Crippen molar-refractivity contribution in [2.24, 2.45) is 0 Å². The van der Waals surface area contributed by atoms with E-state index in [4.69, 9.17) is 0 Å². The number of benzene rings is 1. The zero-order valence-corrected chi connectivity index (χ0v) is 9.24. The molecule has 1 heteroatoms. The third-order valence-electron chi connectivity index (χ3n) is 2.47. The average molecular weight is 202 g/mol. The third-order valence-corrected chi connectivity index (χ3v) is 2.47. The van der Waals surface area contributed by atoms with Crippen molar-refractivity contribution in [2.45, 2.75) is 32.3 Å². The van der Waals surface area contributed by atoms with E-state index in [0.29, 0.717) is 0 Å². The summed E-state index contributed by atoms with van der Waals surface area (Å²) in [6, 6.07) is 9.65. The molecule has 0 fully saturated rings. The molecule has 0 saturated heterocycles. The van der Waals surface area contributed by atoms with Gasteiger partial charge < -0.3 is 5.11 Å². The third kappa shape index (κ3) is 3.39. The van der Waals surface area contributed by atoms with E-state index in [1.54, 1.807) is 0 Å². The highest BCUT2D eigenvalue weighted by Crippen LogP contribution is 2.24. The Hall–Kier alpha value is -1.30. The van der Waals surface area contributed by atoms with E-state index in [2.05, 4.69) is 19.2 Å². The predicted molar refractivity (Wildman–Crippen MR) is 63.6 cm³/mol. The van der Waals surface area contributed by atoms with Gasteiger partial charge in [0.15, 0.2) is 0 Å². The van der Waals surface area contributed by atoms with E-state index in [9.17, 15) is 5.11 Å². The van der Waals surface area contributed by atoms with Gasteiger partial charge in [-0.25, -0.2) is 0 Å². The number of rotatable bonds is 5. The summed E-state index contributed by atoms with van der Waals surface area (Å²) in [4.78, 5) is 0. The van der Waals surface area contributed by atoms with E-state index in [1.165, 1.54) is 0 Å². The van der Waals surface area contributed by atoms with E-state index < -0.39 is 6.10 Å². The van der Waals surface area contributed by atoms with Crippen molar-refractivity contribution in [3.63, 3.8) is 0 Å². The summed E-state index contributed by atoms with van der Waals surface area (Å²) in [5.41, 5.74) is 4.66. The van der Waals surface area contributed by atoms with Crippen LogP contribution in [0.4, 0.5) is 0 Å². The van der Waals surface area contributed by atoms with Crippen LogP contribution in [-0.2, 0) is 0 Å². The minimum Gasteiger partial charge on any atom is -0.383 e. The van der Waals surface area contributed by atoms with Gasteiger partial charge in [-0.2, -0.15) is 0 Å². The van der Waals surface area contributed by atoms with Crippen LogP contribution in [-0.4, -0.2) is 5.11 Å². The molecule has 0 bridgehead atoms. The van der Waals surface area contributed by atoms with Crippen molar-refractivity contribution in [2.75, 3.05) is 0 Å². The molecule has 1 rings (SSSR count). The van der Waals surface area contributed by atoms with Gasteiger partial charge >= 0.3 is 0 Å². The summed E-state index contributed by atoms with van der Waals surface area (Å²) >= 11 is 0. The summed E-state index contributed by atoms with van der Waals surface area (Å²) in [6.07, 6.45) is 2.51. The van der Waals surface area contributed by atoms with Gasteiger partial charge in [0, 0.05) is 5.57 Å². The Morgan fingerprint density at radius 3 is 2.60 bits per heavy atom. The van der Waals surface area contributed by atoms with Gasteiger partial charge in [-0.3, -0.25) is 0 Å². The number of aliphatic hydroxyl groups is 1. The van der Waals surface area contributed by atoms with Crippen LogP contribution >= 0.6 is 0 Å². The minimum atomic E-state index is -0.546. The fourth-order valence-electron chi connectivity index (χ4n) is 1.53. The van der Waals surface area contributed by atoms with E-state index >= 15 is 0 Å². The zero-order chi connectivity index (χ0) is 11.1. The van der Waals surface area contributed by atoms with Crippen LogP contribution in [0.3, 0.4) is 0 Å². The molecule has 1 nitrogen and oxygen atoms in total. The van der Waals surface area contributed by atoms with Crippen molar-refractivity contribution in [1.29, 1.82) is 0 Å². The molecule has 15 heavy (non-hydrogen) atoms. The van der Waals surface area contributed by atoms with Crippen LogP contribution in [0.5, 0.6) is 0 Å². The Labute approximate surface area is 91.8 Å². The van der Waals surface area contributed by atoms with Crippen molar-refractivity contribution in [3.8, 4) is 0 Å². The highest BCUT2D eigenvalue weighted by molar-refractivity contribution is 5.25. The quantitative estimate of drug-likeness (QED) is 0.723. The Morgan fingerprint density at radius 2 is 2.07 bits per heavy atom. The molecule has 0 saturated carbocycles. The van der Waals surface area contributed by atoms with Gasteiger partial charge in [0.2, 0.25) is 0 Å². The fourth-order valence-corrected chi connectivity index (χ4v) is 1.53. The van der Waals surface area contributed by atoms with Crippen LogP contribution in [0.1, 0.15) is 37.9 Å². The summed E-state index contributed by atoms with van der Waals surface area (Å²) < 4.78 is 0. The summed E-state index contributed by atoms with van der Waals surface area (Å²) in [5.74, 6) is 0. The predicted octanol–water partition coefficient (Wildman–Crippen LogP) is 3.62. The summed E-state index contributed by atoms with van der Waals surface area (Å²) in [6.45, 7) is 5.77. The van der Waals surface area contributed by atoms with Crippen molar-refractivity contribution in [3.05, 3.63) is 53.8 Å². The maximum Gasteiger partial charge on any atom is 0.107 e. The molecule has 1 N–H and O–H groups in total. The molecule has 0 amide bonds. The number of hydrogen-bond acceptors (Lipinski definition) is 1. The van der Waals surface area contributed by atoms with E-state index in [0.717, 1.165) is 30.4 Å². The lowest BCUT2D eigenvalue weighted by atomic mass is 9.98. The smallest absolute Gasteiger partial charge is 0.107 e. The molecule has 0 aliphatic carbocycles. The lowest BCUT2D eigenvalue weighted by Gasteiger charge is -2.13. The maximum absolute atomic E-state index is 10.1. The molecule has 0 heterocycles. The molecular weight excluding hydrogens is 184 g/mol. The molecule has 1 atom stereocenters. The maximum atomic E-state index is 10.1. The lowest BCUT2D eigenvalue weighted by Crippen LogP contribution is -2.00. The van der Waals surface area contributed by atoms with Gasteiger partial charge in [0.1, 0.15) is 6.10 Å². The Morgan fingerprint density at radius 1 is 1.40 bits per heavy atom. The first-order valence-electron chi connectivity index (χ1n) is 5.41. The highest BCUT2D eigenvalue weighted by atomic mass is 16.3. The van der Waals surface area contributed by atoms with Crippen molar-refractivity contribution >= 4 is 0 Å². The zero-order valence-electron chi connectivity index (χ0n) is 9.24. The second-order valence-corrected chi connectivity index (χ2v) is 3.62. The van der Waals surface area contributed by atoms with Gasteiger partial charge in [0.05, 0.1) is 0 Å². The summed E-state index contributed by atoms with van der Waals surface area (Å²) in [5, 5.41) is 10.1. The second kappa shape index (κ2) is 6.23. The number of aliphatic hydroxyl groups excluding tert-OH is 1. The molecule has 0 aliphatic rings. The monoisotopic (exact) mass is 202 g/mol. The van der Waals surface area contributed by atoms with Gasteiger partial charge in [0.25, 0.3) is 0 Å². The largest absolute Gasteiger partial charge is 0.383 e. The molecule has 1 aromatic carbocycles. The molecule has 0 unspecified atom stereocenters. The van der Waals surface area contributed by atoms with Crippen LogP contribution in [0.25, 0.3) is 0 Å². The number of unbranched alkanes of at least 4 members (excludes halogenated alkanes) is 1. The minimum absolute atomic E-state index is 0.546. The Kier molecular flexibility index (Phi) is 4.89. The van der Waals surface area contributed by atoms with Gasteiger partial charge in [-0.15, -0.1) is 5.73 Å². The van der Waals surface area contributed by atoms with Crippen LogP contribution in [0.2, 0.25) is 0 Å². The fraction of sp³-hybridized carbons (Fsp3) is 0.357. The van der Waals surface area contributed by atoms with Crippen LogP contribution in [0, 0.1) is 0 Å². The molecule has 0 aliphatic heterocycles. The topological polar surface area (TPSA) is 20.2 Å². The lowest BCUT2D eigenvalue weighted by molar-refractivity contribution is 0.211. The molecule has 80 valence electrons. The molecule has 0 radical (unpaired) electrons. The van der Waals surface area contributed by atoms with Crippen LogP contribution < -0.4 is 0 Å². The van der Waals surface area contributed by atoms with Crippen molar-refractivity contribution < 1.29 is 5.11 Å². The van der Waals surface area contributed by atoms with Crippen molar-refractivity contribution in [1.82, 2.24) is 0 Å². The Bertz CT molecular complexity index is 334. The van der Waals surface area contributed by atoms with Gasteiger partial charge in [-0.1, -0.05) is 50.3 Å². The first-order chi connectivity index (χ1) is 7.29. The SMILES string of the molecule is C=C=C(CCCC)[C@@H](O)c1ccccc1. The first kappa shape index (κ1) is 11.8. The van der Waals surface area contributed by atoms with Crippen LogP contribution in [0.15, 0.2) is 48.2 Å². The number of hydrogen-bond donors (Lipinski definition) is 1. The standard InChI is InChI=1S/C14H18O/c1-3-5-9-12(4-2)14(15)13-10-7-6-8-11-13/h6-8,10-11,14-15H,2-3,5,9H2,1H3/t14-/m1/s1. The molecular formula is C14H18O. The first-order valence-corrected chi connectivity index (χ1v) is 5.41. The molecule has 0 aromatic heterocycles. The molecule has 1 aromatic rings. The second-order valence-electron chi connectivity index (χ2n) is 3.62. The van der Waals surface area contributed by atoms with E-state index in [1.807, 2.05) is 30.3 Å². The average Bonchev–Trinajstić information content (AvgIpc) is 2.31.